The Labute approximate surface area is 129 Å². The van der Waals surface area contributed by atoms with E-state index in [1.54, 1.807) is 0 Å². The van der Waals surface area contributed by atoms with Gasteiger partial charge in [-0.25, -0.2) is 0 Å². The molecule has 0 amide bonds. The Balaban J connectivity index is 2.11. The summed E-state index contributed by atoms with van der Waals surface area (Å²) in [5.41, 5.74) is 0.698. The minimum atomic E-state index is -0.634. The van der Waals surface area contributed by atoms with Crippen LogP contribution in [-0.4, -0.2) is 29.1 Å². The minimum Gasteiger partial charge on any atom is -0.481 e. The summed E-state index contributed by atoms with van der Waals surface area (Å²) in [7, 11) is 0. The number of aliphatic carboxylic acids is 1. The number of nitrogens with zero attached hydrogens (tertiary/aromatic N) is 1. The summed E-state index contributed by atoms with van der Waals surface area (Å²) >= 11 is 3.44. The lowest BCUT2D eigenvalue weighted by Gasteiger charge is -2.28. The fraction of sp³-hybridized carbons (Fsp3) is 0.562. The van der Waals surface area contributed by atoms with E-state index in [2.05, 4.69) is 46.8 Å². The van der Waals surface area contributed by atoms with E-state index in [1.807, 2.05) is 12.1 Å². The van der Waals surface area contributed by atoms with Gasteiger partial charge in [0.2, 0.25) is 0 Å². The Morgan fingerprint density at radius 3 is 2.65 bits per heavy atom. The van der Waals surface area contributed by atoms with Gasteiger partial charge in [0.15, 0.2) is 0 Å². The van der Waals surface area contributed by atoms with Gasteiger partial charge in [0.25, 0.3) is 0 Å². The van der Waals surface area contributed by atoms with Crippen molar-refractivity contribution in [2.45, 2.75) is 39.2 Å². The zero-order chi connectivity index (χ0) is 14.8. The molecule has 0 saturated carbocycles. The summed E-state index contributed by atoms with van der Waals surface area (Å²) in [5, 5.41) is 9.57. The first-order valence-corrected chi connectivity index (χ1v) is 8.01. The second-order valence-corrected chi connectivity index (χ2v) is 6.70. The molecule has 0 spiro atoms. The van der Waals surface area contributed by atoms with Crippen molar-refractivity contribution >= 4 is 21.9 Å². The normalized spacial score (nSPS) is 24.8. The van der Waals surface area contributed by atoms with Gasteiger partial charge in [-0.15, -0.1) is 0 Å². The van der Waals surface area contributed by atoms with Crippen molar-refractivity contribution in [1.29, 1.82) is 0 Å². The van der Waals surface area contributed by atoms with E-state index < -0.39 is 11.4 Å². The summed E-state index contributed by atoms with van der Waals surface area (Å²) in [6.45, 7) is 5.75. The average Bonchev–Trinajstić information content (AvgIpc) is 2.85. The van der Waals surface area contributed by atoms with E-state index in [0.717, 1.165) is 30.3 Å². The van der Waals surface area contributed by atoms with Gasteiger partial charge in [-0.05, 0) is 44.0 Å². The molecule has 110 valence electrons. The topological polar surface area (TPSA) is 40.5 Å². The molecule has 1 aliphatic rings. The third kappa shape index (κ3) is 3.07. The van der Waals surface area contributed by atoms with Gasteiger partial charge in [0, 0.05) is 17.1 Å². The number of halogens is 1. The highest BCUT2D eigenvalue weighted by Crippen LogP contribution is 2.39. The zero-order valence-electron chi connectivity index (χ0n) is 12.1. The summed E-state index contributed by atoms with van der Waals surface area (Å²) in [6, 6.07) is 8.56. The number of rotatable bonds is 5. The highest BCUT2D eigenvalue weighted by atomic mass is 79.9. The van der Waals surface area contributed by atoms with Gasteiger partial charge < -0.3 is 5.11 Å². The Hall–Kier alpha value is -0.870. The van der Waals surface area contributed by atoms with Gasteiger partial charge >= 0.3 is 5.97 Å². The molecule has 1 aromatic carbocycles. The number of hydrogen-bond donors (Lipinski definition) is 1. The van der Waals surface area contributed by atoms with E-state index >= 15 is 0 Å². The molecule has 1 aliphatic heterocycles. The summed E-state index contributed by atoms with van der Waals surface area (Å²) < 4.78 is 1.07. The summed E-state index contributed by atoms with van der Waals surface area (Å²) in [6.07, 6.45) is 2.45. The predicted octanol–water partition coefficient (Wildman–Crippen LogP) is 4.09. The fourth-order valence-electron chi connectivity index (χ4n) is 3.15. The molecular weight excluding hydrogens is 318 g/mol. The van der Waals surface area contributed by atoms with Crippen molar-refractivity contribution < 1.29 is 9.90 Å². The van der Waals surface area contributed by atoms with Crippen LogP contribution in [0.5, 0.6) is 0 Å². The number of carboxylic acid groups (broad SMARTS) is 1. The van der Waals surface area contributed by atoms with Crippen LogP contribution in [0.25, 0.3) is 0 Å². The maximum absolute atomic E-state index is 11.6. The van der Waals surface area contributed by atoms with Crippen LogP contribution in [0, 0.1) is 5.41 Å². The van der Waals surface area contributed by atoms with Gasteiger partial charge in [0.05, 0.1) is 5.41 Å². The molecule has 3 nitrogen and oxygen atoms in total. The predicted molar refractivity (Wildman–Crippen MR) is 83.7 cm³/mol. The molecule has 20 heavy (non-hydrogen) atoms. The van der Waals surface area contributed by atoms with Crippen molar-refractivity contribution in [3.8, 4) is 0 Å². The van der Waals surface area contributed by atoms with Crippen LogP contribution in [0.2, 0.25) is 0 Å². The van der Waals surface area contributed by atoms with E-state index in [4.69, 9.17) is 0 Å². The molecule has 2 unspecified atom stereocenters. The molecule has 0 bridgehead atoms. The minimum absolute atomic E-state index is 0.265. The Kier molecular flexibility index (Phi) is 4.86. The van der Waals surface area contributed by atoms with Crippen LogP contribution in [0.4, 0.5) is 0 Å². The molecule has 1 fully saturated rings. The lowest BCUT2D eigenvalue weighted by atomic mass is 9.82. The SMILES string of the molecule is CCCC1(C(=O)O)CCN(C(C)c2ccc(Br)cc2)C1. The molecule has 1 aromatic rings. The second kappa shape index (κ2) is 6.27. The molecule has 4 heteroatoms. The number of carbonyl (C=O) groups is 1. The molecular formula is C16H22BrNO2. The third-order valence-corrected chi connectivity index (χ3v) is 4.99. The first kappa shape index (κ1) is 15.5. The molecule has 0 radical (unpaired) electrons. The van der Waals surface area contributed by atoms with E-state index in [1.165, 1.54) is 5.56 Å². The molecule has 1 N–H and O–H groups in total. The Bertz CT molecular complexity index is 474. The van der Waals surface area contributed by atoms with Gasteiger partial charge in [-0.3, -0.25) is 9.69 Å². The van der Waals surface area contributed by atoms with Crippen LogP contribution in [0.15, 0.2) is 28.7 Å². The van der Waals surface area contributed by atoms with Crippen LogP contribution in [0.3, 0.4) is 0 Å². The maximum Gasteiger partial charge on any atom is 0.310 e. The van der Waals surface area contributed by atoms with Gasteiger partial charge in [-0.1, -0.05) is 41.4 Å². The van der Waals surface area contributed by atoms with Gasteiger partial charge in [0.1, 0.15) is 0 Å². The number of hydrogen-bond acceptors (Lipinski definition) is 2. The molecule has 1 saturated heterocycles. The van der Waals surface area contributed by atoms with Crippen LogP contribution in [-0.2, 0) is 4.79 Å². The van der Waals surface area contributed by atoms with Crippen molar-refractivity contribution in [2.24, 2.45) is 5.41 Å². The monoisotopic (exact) mass is 339 g/mol. The summed E-state index contributed by atoms with van der Waals surface area (Å²) in [5.74, 6) is -0.634. The van der Waals surface area contributed by atoms with Gasteiger partial charge in [-0.2, -0.15) is 0 Å². The molecule has 2 rings (SSSR count). The lowest BCUT2D eigenvalue weighted by molar-refractivity contribution is -0.148. The van der Waals surface area contributed by atoms with Crippen LogP contribution in [0.1, 0.15) is 44.7 Å². The quantitative estimate of drug-likeness (QED) is 0.878. The zero-order valence-corrected chi connectivity index (χ0v) is 13.7. The largest absolute Gasteiger partial charge is 0.481 e. The highest BCUT2D eigenvalue weighted by Gasteiger charge is 2.45. The Morgan fingerprint density at radius 2 is 2.10 bits per heavy atom. The number of carboxylic acids is 1. The lowest BCUT2D eigenvalue weighted by Crippen LogP contribution is -2.35. The van der Waals surface area contributed by atoms with Crippen LogP contribution >= 0.6 is 15.9 Å². The standard InChI is InChI=1S/C16H22BrNO2/c1-3-8-16(15(19)20)9-10-18(11-16)12(2)13-4-6-14(17)7-5-13/h4-7,12H,3,8-11H2,1-2H3,(H,19,20). The van der Waals surface area contributed by atoms with Crippen LogP contribution < -0.4 is 0 Å². The van der Waals surface area contributed by atoms with E-state index in [0.29, 0.717) is 6.54 Å². The molecule has 2 atom stereocenters. The number of likely N-dealkylation sites (tertiary alicyclic amines) is 1. The van der Waals surface area contributed by atoms with E-state index in [-0.39, 0.29) is 6.04 Å². The van der Waals surface area contributed by atoms with Crippen molar-refractivity contribution in [2.75, 3.05) is 13.1 Å². The second-order valence-electron chi connectivity index (χ2n) is 5.78. The Morgan fingerprint density at radius 1 is 1.45 bits per heavy atom. The number of benzene rings is 1. The maximum atomic E-state index is 11.6. The van der Waals surface area contributed by atoms with Crippen molar-refractivity contribution in [3.63, 3.8) is 0 Å². The molecule has 0 aliphatic carbocycles. The molecule has 0 aromatic heterocycles. The summed E-state index contributed by atoms with van der Waals surface area (Å²) in [4.78, 5) is 13.9. The fourth-order valence-corrected chi connectivity index (χ4v) is 3.42. The smallest absolute Gasteiger partial charge is 0.310 e. The highest BCUT2D eigenvalue weighted by molar-refractivity contribution is 9.10. The first-order chi connectivity index (χ1) is 9.48. The average molecular weight is 340 g/mol. The molecule has 1 heterocycles. The van der Waals surface area contributed by atoms with Crippen molar-refractivity contribution in [3.05, 3.63) is 34.3 Å². The third-order valence-electron chi connectivity index (χ3n) is 4.47. The first-order valence-electron chi connectivity index (χ1n) is 7.21. The van der Waals surface area contributed by atoms with E-state index in [9.17, 15) is 9.90 Å². The van der Waals surface area contributed by atoms with Crippen molar-refractivity contribution in [1.82, 2.24) is 4.90 Å².